The van der Waals surface area contributed by atoms with Crippen LogP contribution in [0.15, 0.2) is 30.3 Å². The van der Waals surface area contributed by atoms with Crippen molar-refractivity contribution in [3.63, 3.8) is 0 Å². The number of hydrogen-bond acceptors (Lipinski definition) is 2. The Kier molecular flexibility index (Phi) is 4.84. The van der Waals surface area contributed by atoms with E-state index in [-0.39, 0.29) is 0 Å². The van der Waals surface area contributed by atoms with Crippen LogP contribution in [0.4, 0.5) is 5.69 Å². The summed E-state index contributed by atoms with van der Waals surface area (Å²) < 4.78 is 0. The largest absolute Gasteiger partial charge is 0.370 e. The predicted molar refractivity (Wildman–Crippen MR) is 90.7 cm³/mol. The van der Waals surface area contributed by atoms with Gasteiger partial charge in [0.1, 0.15) is 0 Å². The average Bonchev–Trinajstić information content (AvgIpc) is 2.46. The van der Waals surface area contributed by atoms with Crippen molar-refractivity contribution in [3.8, 4) is 0 Å². The minimum Gasteiger partial charge on any atom is -0.370 e. The summed E-state index contributed by atoms with van der Waals surface area (Å²) in [7, 11) is 0. The number of nitrogens with one attached hydrogen (secondary N) is 1. The lowest BCUT2D eigenvalue weighted by atomic mass is 9.83. The lowest BCUT2D eigenvalue weighted by Crippen LogP contribution is -2.51. The zero-order chi connectivity index (χ0) is 14.7. The van der Waals surface area contributed by atoms with Gasteiger partial charge in [0.25, 0.3) is 0 Å². The van der Waals surface area contributed by atoms with Crippen LogP contribution in [0.3, 0.4) is 0 Å². The van der Waals surface area contributed by atoms with Gasteiger partial charge in [-0.15, -0.1) is 0 Å². The van der Waals surface area contributed by atoms with Crippen LogP contribution in [0.1, 0.15) is 39.5 Å². The van der Waals surface area contributed by atoms with E-state index < -0.39 is 0 Å². The van der Waals surface area contributed by atoms with Crippen LogP contribution in [0.2, 0.25) is 0 Å². The summed E-state index contributed by atoms with van der Waals surface area (Å²) in [4.78, 5) is 2.59. The molecule has 2 fully saturated rings. The van der Waals surface area contributed by atoms with Crippen molar-refractivity contribution in [3.05, 3.63) is 30.3 Å². The van der Waals surface area contributed by atoms with Gasteiger partial charge in [0.15, 0.2) is 0 Å². The standard InChI is InChI=1S/C19H30N2/c1-15(2)17-11-18(20-12-16-7-6-8-16)14-21(13-17)19-9-4-3-5-10-19/h3-5,9-10,15-18,20H,6-8,11-14H2,1-2H3. The van der Waals surface area contributed by atoms with Gasteiger partial charge in [0.05, 0.1) is 0 Å². The van der Waals surface area contributed by atoms with Gasteiger partial charge >= 0.3 is 0 Å². The molecule has 0 amide bonds. The molecular formula is C19H30N2. The second-order valence-corrected chi connectivity index (χ2v) is 7.38. The van der Waals surface area contributed by atoms with Crippen molar-refractivity contribution >= 4 is 5.69 Å². The highest BCUT2D eigenvalue weighted by molar-refractivity contribution is 5.46. The number of rotatable bonds is 5. The molecule has 2 nitrogen and oxygen atoms in total. The topological polar surface area (TPSA) is 15.3 Å². The highest BCUT2D eigenvalue weighted by atomic mass is 15.2. The number of benzene rings is 1. The van der Waals surface area contributed by atoms with Crippen molar-refractivity contribution < 1.29 is 0 Å². The quantitative estimate of drug-likeness (QED) is 0.882. The predicted octanol–water partition coefficient (Wildman–Crippen LogP) is 3.93. The Labute approximate surface area is 129 Å². The van der Waals surface area contributed by atoms with Gasteiger partial charge in [-0.1, -0.05) is 38.5 Å². The monoisotopic (exact) mass is 286 g/mol. The van der Waals surface area contributed by atoms with Crippen LogP contribution in [-0.2, 0) is 0 Å². The Morgan fingerprint density at radius 1 is 1.14 bits per heavy atom. The lowest BCUT2D eigenvalue weighted by Gasteiger charge is -2.42. The van der Waals surface area contributed by atoms with Gasteiger partial charge in [-0.2, -0.15) is 0 Å². The maximum Gasteiger partial charge on any atom is 0.0366 e. The Balaban J connectivity index is 1.63. The first-order valence-corrected chi connectivity index (χ1v) is 8.75. The highest BCUT2D eigenvalue weighted by Crippen LogP contribution is 2.29. The first-order valence-electron chi connectivity index (χ1n) is 8.75. The molecule has 2 unspecified atom stereocenters. The molecule has 1 heterocycles. The van der Waals surface area contributed by atoms with E-state index in [1.165, 1.54) is 51.0 Å². The van der Waals surface area contributed by atoms with E-state index in [1.807, 2.05) is 0 Å². The van der Waals surface area contributed by atoms with Crippen LogP contribution in [0.25, 0.3) is 0 Å². The molecule has 2 heteroatoms. The lowest BCUT2D eigenvalue weighted by molar-refractivity contribution is 0.240. The first kappa shape index (κ1) is 14.9. The molecule has 1 N–H and O–H groups in total. The summed E-state index contributed by atoms with van der Waals surface area (Å²) in [5, 5.41) is 3.87. The van der Waals surface area contributed by atoms with Crippen molar-refractivity contribution in [2.75, 3.05) is 24.5 Å². The van der Waals surface area contributed by atoms with E-state index >= 15 is 0 Å². The molecule has 0 aromatic heterocycles. The summed E-state index contributed by atoms with van der Waals surface area (Å²) in [5.41, 5.74) is 1.39. The molecular weight excluding hydrogens is 256 g/mol. The molecule has 1 aromatic carbocycles. The van der Waals surface area contributed by atoms with E-state index in [4.69, 9.17) is 0 Å². The molecule has 0 spiro atoms. The van der Waals surface area contributed by atoms with Gasteiger partial charge in [0, 0.05) is 24.8 Å². The van der Waals surface area contributed by atoms with Gasteiger partial charge < -0.3 is 10.2 Å². The van der Waals surface area contributed by atoms with Gasteiger partial charge in [-0.3, -0.25) is 0 Å². The molecule has 0 bridgehead atoms. The smallest absolute Gasteiger partial charge is 0.0366 e. The molecule has 1 saturated heterocycles. The summed E-state index contributed by atoms with van der Waals surface area (Å²) in [6.45, 7) is 8.37. The number of para-hydroxylation sites is 1. The third-order valence-corrected chi connectivity index (χ3v) is 5.47. The molecule has 3 rings (SSSR count). The number of anilines is 1. The SMILES string of the molecule is CC(C)C1CC(NCC2CCC2)CN(c2ccccc2)C1. The molecule has 1 aliphatic carbocycles. The minimum atomic E-state index is 0.659. The summed E-state index contributed by atoms with van der Waals surface area (Å²) in [6, 6.07) is 11.6. The minimum absolute atomic E-state index is 0.659. The second kappa shape index (κ2) is 6.83. The molecule has 116 valence electrons. The Morgan fingerprint density at radius 2 is 1.90 bits per heavy atom. The number of piperidine rings is 1. The van der Waals surface area contributed by atoms with Gasteiger partial charge in [-0.25, -0.2) is 0 Å². The second-order valence-electron chi connectivity index (χ2n) is 7.38. The zero-order valence-corrected chi connectivity index (χ0v) is 13.6. The van der Waals surface area contributed by atoms with E-state index in [2.05, 4.69) is 54.4 Å². The Hall–Kier alpha value is -1.02. The molecule has 0 radical (unpaired) electrons. The zero-order valence-electron chi connectivity index (χ0n) is 13.6. The van der Waals surface area contributed by atoms with Crippen LogP contribution in [0, 0.1) is 17.8 Å². The Morgan fingerprint density at radius 3 is 2.52 bits per heavy atom. The fourth-order valence-corrected chi connectivity index (χ4v) is 3.65. The molecule has 1 aromatic rings. The maximum absolute atomic E-state index is 3.87. The van der Waals surface area contributed by atoms with E-state index in [0.717, 1.165) is 17.8 Å². The average molecular weight is 286 g/mol. The molecule has 1 aliphatic heterocycles. The molecule has 1 saturated carbocycles. The van der Waals surface area contributed by atoms with Crippen molar-refractivity contribution in [2.45, 2.75) is 45.6 Å². The molecule has 2 aliphatic rings. The highest BCUT2D eigenvalue weighted by Gasteiger charge is 2.29. The van der Waals surface area contributed by atoms with E-state index in [0.29, 0.717) is 6.04 Å². The van der Waals surface area contributed by atoms with Crippen LogP contribution in [0.5, 0.6) is 0 Å². The van der Waals surface area contributed by atoms with Crippen LogP contribution in [-0.4, -0.2) is 25.7 Å². The summed E-state index contributed by atoms with van der Waals surface area (Å²) in [5.74, 6) is 2.52. The third-order valence-electron chi connectivity index (χ3n) is 5.47. The summed E-state index contributed by atoms with van der Waals surface area (Å²) in [6.07, 6.45) is 5.67. The number of nitrogens with zero attached hydrogens (tertiary/aromatic N) is 1. The van der Waals surface area contributed by atoms with Gasteiger partial charge in [0.2, 0.25) is 0 Å². The van der Waals surface area contributed by atoms with Gasteiger partial charge in [-0.05, 0) is 55.7 Å². The van der Waals surface area contributed by atoms with Crippen molar-refractivity contribution in [1.29, 1.82) is 0 Å². The fourth-order valence-electron chi connectivity index (χ4n) is 3.65. The normalized spacial score (nSPS) is 26.9. The third kappa shape index (κ3) is 3.79. The van der Waals surface area contributed by atoms with E-state index in [9.17, 15) is 0 Å². The fraction of sp³-hybridized carbons (Fsp3) is 0.684. The van der Waals surface area contributed by atoms with Crippen molar-refractivity contribution in [2.24, 2.45) is 17.8 Å². The maximum atomic E-state index is 3.87. The number of hydrogen-bond donors (Lipinski definition) is 1. The molecule has 21 heavy (non-hydrogen) atoms. The Bertz CT molecular complexity index is 424. The van der Waals surface area contributed by atoms with Crippen LogP contribution >= 0.6 is 0 Å². The first-order chi connectivity index (χ1) is 10.2. The van der Waals surface area contributed by atoms with Crippen molar-refractivity contribution in [1.82, 2.24) is 5.32 Å². The summed E-state index contributed by atoms with van der Waals surface area (Å²) >= 11 is 0. The van der Waals surface area contributed by atoms with Crippen LogP contribution < -0.4 is 10.2 Å². The van der Waals surface area contributed by atoms with E-state index in [1.54, 1.807) is 0 Å². The molecule has 2 atom stereocenters.